The number of rotatable bonds is 5. The zero-order chi connectivity index (χ0) is 18.8. The maximum atomic E-state index is 12.7. The molecule has 0 aliphatic heterocycles. The number of hydroxylamine groups is 1. The number of nitrogens with one attached hydrogen (secondary N) is 2. The van der Waals surface area contributed by atoms with Crippen LogP contribution >= 0.6 is 15.9 Å². The second kappa shape index (κ2) is 7.48. The minimum atomic E-state index is -3.89. The fraction of sp³-hybridized carbons (Fsp3) is 0.278. The fourth-order valence-corrected chi connectivity index (χ4v) is 4.93. The first kappa shape index (κ1) is 19.0. The first-order valence-electron chi connectivity index (χ1n) is 8.21. The molecule has 0 bridgehead atoms. The number of carbonyl (C=O) groups excluding carboxylic acids is 1. The molecule has 1 fully saturated rings. The average Bonchev–Trinajstić information content (AvgIpc) is 3.11. The number of sulfonamides is 1. The lowest BCUT2D eigenvalue weighted by Crippen LogP contribution is -2.56. The van der Waals surface area contributed by atoms with Gasteiger partial charge in [-0.25, -0.2) is 13.9 Å². The van der Waals surface area contributed by atoms with Crippen molar-refractivity contribution < 1.29 is 18.4 Å². The van der Waals surface area contributed by atoms with Crippen LogP contribution in [0.3, 0.4) is 0 Å². The van der Waals surface area contributed by atoms with E-state index in [-0.39, 0.29) is 4.90 Å². The smallest absolute Gasteiger partial charge is 0.264 e. The summed E-state index contributed by atoms with van der Waals surface area (Å²) >= 11 is 3.38. The van der Waals surface area contributed by atoms with Gasteiger partial charge in [-0.1, -0.05) is 53.0 Å². The molecule has 1 aliphatic rings. The highest BCUT2D eigenvalue weighted by Gasteiger charge is 2.44. The number of hydrogen-bond donors (Lipinski definition) is 3. The molecule has 3 rings (SSSR count). The van der Waals surface area contributed by atoms with E-state index in [1.165, 1.54) is 12.1 Å². The van der Waals surface area contributed by atoms with E-state index in [0.717, 1.165) is 28.4 Å². The van der Waals surface area contributed by atoms with E-state index in [1.807, 2.05) is 24.3 Å². The molecule has 0 saturated heterocycles. The predicted molar refractivity (Wildman–Crippen MR) is 101 cm³/mol. The molecule has 1 saturated carbocycles. The Kier molecular flexibility index (Phi) is 5.47. The van der Waals surface area contributed by atoms with Gasteiger partial charge < -0.3 is 0 Å². The van der Waals surface area contributed by atoms with Gasteiger partial charge in [-0.05, 0) is 48.2 Å². The van der Waals surface area contributed by atoms with Crippen LogP contribution in [0.4, 0.5) is 0 Å². The Hall–Kier alpha value is -1.74. The van der Waals surface area contributed by atoms with Crippen LogP contribution < -0.4 is 10.2 Å². The summed E-state index contributed by atoms with van der Waals surface area (Å²) in [5.41, 5.74) is 2.15. The maximum absolute atomic E-state index is 12.7. The van der Waals surface area contributed by atoms with Gasteiger partial charge in [-0.3, -0.25) is 10.0 Å². The molecule has 0 unspecified atom stereocenters. The van der Waals surface area contributed by atoms with Gasteiger partial charge in [0.2, 0.25) is 10.0 Å². The largest absolute Gasteiger partial charge is 0.289 e. The lowest BCUT2D eigenvalue weighted by molar-refractivity contribution is -0.135. The van der Waals surface area contributed by atoms with E-state index in [1.54, 1.807) is 17.6 Å². The summed E-state index contributed by atoms with van der Waals surface area (Å²) in [5.74, 6) is -0.718. The molecule has 0 aromatic heterocycles. The van der Waals surface area contributed by atoms with Crippen LogP contribution in [-0.4, -0.2) is 25.1 Å². The summed E-state index contributed by atoms with van der Waals surface area (Å²) in [6, 6.07) is 14.2. The molecule has 2 aromatic rings. The first-order valence-corrected chi connectivity index (χ1v) is 10.5. The molecular formula is C18H19BrN2O4S. The molecule has 138 valence electrons. The van der Waals surface area contributed by atoms with Gasteiger partial charge in [0.1, 0.15) is 5.54 Å². The minimum Gasteiger partial charge on any atom is -0.289 e. The van der Waals surface area contributed by atoms with Gasteiger partial charge in [0, 0.05) is 4.47 Å². The van der Waals surface area contributed by atoms with Crippen molar-refractivity contribution in [3.05, 3.63) is 53.0 Å². The van der Waals surface area contributed by atoms with E-state index >= 15 is 0 Å². The summed E-state index contributed by atoms with van der Waals surface area (Å²) in [4.78, 5) is 12.1. The van der Waals surface area contributed by atoms with Gasteiger partial charge in [0.05, 0.1) is 4.90 Å². The van der Waals surface area contributed by atoms with Crippen LogP contribution in [0.25, 0.3) is 11.1 Å². The topological polar surface area (TPSA) is 95.5 Å². The van der Waals surface area contributed by atoms with E-state index in [0.29, 0.717) is 12.8 Å². The van der Waals surface area contributed by atoms with Crippen LogP contribution in [0, 0.1) is 0 Å². The SMILES string of the molecule is O=C(NO)C1(NS(=O)(=O)c2ccc(-c3ccc(Br)cc3)cc2)CCCC1. The van der Waals surface area contributed by atoms with Crippen molar-refractivity contribution in [2.75, 3.05) is 0 Å². The van der Waals surface area contributed by atoms with Crippen molar-refractivity contribution in [1.82, 2.24) is 10.2 Å². The van der Waals surface area contributed by atoms with E-state index < -0.39 is 21.5 Å². The molecule has 0 atom stereocenters. The quantitative estimate of drug-likeness (QED) is 0.493. The Morgan fingerprint density at radius 1 is 0.962 bits per heavy atom. The number of amides is 1. The predicted octanol–water partition coefficient (Wildman–Crippen LogP) is 3.21. The van der Waals surface area contributed by atoms with Crippen LogP contribution in [0.1, 0.15) is 25.7 Å². The molecule has 6 nitrogen and oxygen atoms in total. The maximum Gasteiger partial charge on any atom is 0.264 e. The monoisotopic (exact) mass is 438 g/mol. The van der Waals surface area contributed by atoms with E-state index in [2.05, 4.69) is 20.7 Å². The number of halogens is 1. The van der Waals surface area contributed by atoms with Crippen LogP contribution in [-0.2, 0) is 14.8 Å². The lowest BCUT2D eigenvalue weighted by Gasteiger charge is -2.27. The van der Waals surface area contributed by atoms with Crippen molar-refractivity contribution in [2.45, 2.75) is 36.1 Å². The third kappa shape index (κ3) is 3.83. The molecule has 0 radical (unpaired) electrons. The van der Waals surface area contributed by atoms with Crippen LogP contribution in [0.15, 0.2) is 57.9 Å². The standard InChI is InChI=1S/C18H19BrN2O4S/c19-15-7-3-13(4-8-15)14-5-9-16(10-6-14)26(24,25)21-18(17(22)20-23)11-1-2-12-18/h3-10,21,23H,1-2,11-12H2,(H,20,22). The molecule has 0 spiro atoms. The van der Waals surface area contributed by atoms with Gasteiger partial charge in [-0.15, -0.1) is 0 Å². The fourth-order valence-electron chi connectivity index (χ4n) is 3.25. The van der Waals surface area contributed by atoms with Crippen molar-refractivity contribution in [1.29, 1.82) is 0 Å². The Labute approximate surface area is 160 Å². The Morgan fingerprint density at radius 2 is 1.46 bits per heavy atom. The molecule has 0 heterocycles. The van der Waals surface area contributed by atoms with Crippen LogP contribution in [0.5, 0.6) is 0 Å². The summed E-state index contributed by atoms with van der Waals surface area (Å²) in [6.07, 6.45) is 2.15. The molecule has 1 amide bonds. The molecule has 8 heteroatoms. The summed E-state index contributed by atoms with van der Waals surface area (Å²) in [5, 5.41) is 8.97. The van der Waals surface area contributed by atoms with Crippen molar-refractivity contribution in [2.24, 2.45) is 0 Å². The second-order valence-electron chi connectivity index (χ2n) is 6.37. The van der Waals surface area contributed by atoms with E-state index in [9.17, 15) is 13.2 Å². The summed E-state index contributed by atoms with van der Waals surface area (Å²) < 4.78 is 28.9. The third-order valence-corrected chi connectivity index (χ3v) is 6.75. The highest BCUT2D eigenvalue weighted by molar-refractivity contribution is 9.10. The number of benzene rings is 2. The van der Waals surface area contributed by atoms with Gasteiger partial charge in [0.15, 0.2) is 0 Å². The minimum absolute atomic E-state index is 0.0791. The summed E-state index contributed by atoms with van der Waals surface area (Å²) in [6.45, 7) is 0. The zero-order valence-electron chi connectivity index (χ0n) is 13.9. The van der Waals surface area contributed by atoms with Gasteiger partial charge in [0.25, 0.3) is 5.91 Å². The highest BCUT2D eigenvalue weighted by Crippen LogP contribution is 2.32. The summed E-state index contributed by atoms with van der Waals surface area (Å²) in [7, 11) is -3.89. The highest BCUT2D eigenvalue weighted by atomic mass is 79.9. The average molecular weight is 439 g/mol. The van der Waals surface area contributed by atoms with Gasteiger partial charge >= 0.3 is 0 Å². The molecular weight excluding hydrogens is 420 g/mol. The Bertz CT molecular complexity index is 890. The number of carbonyl (C=O) groups is 1. The molecule has 1 aliphatic carbocycles. The van der Waals surface area contributed by atoms with E-state index in [4.69, 9.17) is 5.21 Å². The van der Waals surface area contributed by atoms with Crippen LogP contribution in [0.2, 0.25) is 0 Å². The van der Waals surface area contributed by atoms with Crippen molar-refractivity contribution >= 4 is 31.9 Å². The molecule has 2 aromatic carbocycles. The normalized spacial score (nSPS) is 16.4. The molecule has 26 heavy (non-hydrogen) atoms. The molecule has 3 N–H and O–H groups in total. The third-order valence-electron chi connectivity index (χ3n) is 4.67. The Balaban J connectivity index is 1.85. The number of hydrogen-bond acceptors (Lipinski definition) is 4. The van der Waals surface area contributed by atoms with Crippen molar-refractivity contribution in [3.63, 3.8) is 0 Å². The Morgan fingerprint density at radius 3 is 1.96 bits per heavy atom. The zero-order valence-corrected chi connectivity index (χ0v) is 16.3. The van der Waals surface area contributed by atoms with Gasteiger partial charge in [-0.2, -0.15) is 4.72 Å². The second-order valence-corrected chi connectivity index (χ2v) is 8.96. The lowest BCUT2D eigenvalue weighted by atomic mass is 9.99. The van der Waals surface area contributed by atoms with Crippen molar-refractivity contribution in [3.8, 4) is 11.1 Å². The first-order chi connectivity index (χ1) is 12.4.